The number of rotatable bonds is 7. The summed E-state index contributed by atoms with van der Waals surface area (Å²) in [6.45, 7) is 0.853. The van der Waals surface area contributed by atoms with Gasteiger partial charge in [0.05, 0.1) is 19.9 Å². The molecule has 0 saturated heterocycles. The number of para-hydroxylation sites is 1. The van der Waals surface area contributed by atoms with Gasteiger partial charge in [-0.2, -0.15) is 0 Å². The van der Waals surface area contributed by atoms with Crippen LogP contribution in [0.4, 0.5) is 4.79 Å². The van der Waals surface area contributed by atoms with Crippen molar-refractivity contribution in [1.82, 2.24) is 20.0 Å². The Hall–Kier alpha value is -3.22. The number of aromatic nitrogens is 2. The van der Waals surface area contributed by atoms with Gasteiger partial charge in [0, 0.05) is 37.5 Å². The molecule has 7 nitrogen and oxygen atoms in total. The molecule has 0 radical (unpaired) electrons. The Morgan fingerprint density at radius 2 is 2.00 bits per heavy atom. The number of ether oxygens (including phenoxy) is 2. The molecule has 0 fully saturated rings. The lowest BCUT2D eigenvalue weighted by molar-refractivity contribution is 0.240. The maximum Gasteiger partial charge on any atom is 0.315 e. The van der Waals surface area contributed by atoms with Crippen LogP contribution in [0.2, 0.25) is 0 Å². The number of amides is 2. The Morgan fingerprint density at radius 1 is 1.12 bits per heavy atom. The number of methoxy groups -OCH3 is 2. The average Bonchev–Trinajstić information content (AvgIpc) is 3.08. The van der Waals surface area contributed by atoms with Gasteiger partial charge in [-0.15, -0.1) is 0 Å². The topological polar surface area (TPSA) is 76.9 Å². The van der Waals surface area contributed by atoms with Gasteiger partial charge in [-0.05, 0) is 18.2 Å². The van der Waals surface area contributed by atoms with Crippen molar-refractivity contribution in [2.24, 2.45) is 0 Å². The largest absolute Gasteiger partial charge is 0.493 e. The molecular formula is C19H22N4O3. The molecule has 0 aliphatic carbocycles. The standard InChI is InChI=1S/C19H22N4O3/c1-25-16-7-5-6-14(18(16)26-2)12-21-19(24)20-10-9-15-13-23-11-4-3-8-17(23)22-15/h3-8,11,13H,9-10,12H2,1-2H3,(H2,20,21,24). The molecule has 0 spiro atoms. The van der Waals surface area contributed by atoms with Crippen molar-refractivity contribution in [3.05, 3.63) is 60.0 Å². The Balaban J connectivity index is 1.49. The van der Waals surface area contributed by atoms with Crippen LogP contribution in [0.25, 0.3) is 5.65 Å². The van der Waals surface area contributed by atoms with E-state index in [-0.39, 0.29) is 6.03 Å². The molecule has 2 heterocycles. The maximum atomic E-state index is 12.0. The lowest BCUT2D eigenvalue weighted by Gasteiger charge is -2.13. The predicted octanol–water partition coefficient (Wildman–Crippen LogP) is 2.39. The van der Waals surface area contributed by atoms with Crippen LogP contribution in [-0.4, -0.2) is 36.2 Å². The van der Waals surface area contributed by atoms with Crippen molar-refractivity contribution < 1.29 is 14.3 Å². The summed E-state index contributed by atoms with van der Waals surface area (Å²) in [6.07, 6.45) is 4.58. The number of hydrogen-bond acceptors (Lipinski definition) is 4. The number of carbonyl (C=O) groups excluding carboxylic acids is 1. The van der Waals surface area contributed by atoms with E-state index in [1.54, 1.807) is 14.2 Å². The highest BCUT2D eigenvalue weighted by Gasteiger charge is 2.10. The number of fused-ring (bicyclic) bond motifs is 1. The van der Waals surface area contributed by atoms with Gasteiger partial charge >= 0.3 is 6.03 Å². The zero-order valence-corrected chi connectivity index (χ0v) is 14.9. The summed E-state index contributed by atoms with van der Waals surface area (Å²) in [7, 11) is 3.16. The number of benzene rings is 1. The maximum absolute atomic E-state index is 12.0. The van der Waals surface area contributed by atoms with Crippen molar-refractivity contribution in [1.29, 1.82) is 0 Å². The lowest BCUT2D eigenvalue weighted by atomic mass is 10.2. The van der Waals surface area contributed by atoms with E-state index in [9.17, 15) is 4.79 Å². The Bertz CT molecular complexity index is 858. The summed E-state index contributed by atoms with van der Waals surface area (Å²) in [6, 6.07) is 11.2. The van der Waals surface area contributed by atoms with E-state index < -0.39 is 0 Å². The third kappa shape index (κ3) is 4.05. The number of urea groups is 1. The third-order valence-electron chi connectivity index (χ3n) is 4.00. The first kappa shape index (κ1) is 17.6. The molecule has 0 aliphatic heterocycles. The summed E-state index contributed by atoms with van der Waals surface area (Å²) in [5, 5.41) is 5.67. The van der Waals surface area contributed by atoms with Crippen LogP contribution < -0.4 is 20.1 Å². The van der Waals surface area contributed by atoms with Gasteiger partial charge in [0.1, 0.15) is 5.65 Å². The highest BCUT2D eigenvalue weighted by molar-refractivity contribution is 5.74. The first-order chi connectivity index (χ1) is 12.7. The van der Waals surface area contributed by atoms with E-state index in [0.717, 1.165) is 16.9 Å². The van der Waals surface area contributed by atoms with E-state index in [1.165, 1.54) is 0 Å². The number of nitrogens with one attached hydrogen (secondary N) is 2. The van der Waals surface area contributed by atoms with Crippen LogP contribution in [0.5, 0.6) is 11.5 Å². The molecule has 2 N–H and O–H groups in total. The molecular weight excluding hydrogens is 332 g/mol. The zero-order chi connectivity index (χ0) is 18.4. The predicted molar refractivity (Wildman–Crippen MR) is 98.7 cm³/mol. The normalized spacial score (nSPS) is 10.5. The van der Waals surface area contributed by atoms with Crippen LogP contribution >= 0.6 is 0 Å². The van der Waals surface area contributed by atoms with Gasteiger partial charge in [-0.25, -0.2) is 9.78 Å². The Labute approximate surface area is 152 Å². The van der Waals surface area contributed by atoms with Crippen LogP contribution in [0, 0.1) is 0 Å². The van der Waals surface area contributed by atoms with E-state index in [0.29, 0.717) is 31.0 Å². The molecule has 0 atom stereocenters. The monoisotopic (exact) mass is 354 g/mol. The molecule has 0 aliphatic rings. The minimum absolute atomic E-state index is 0.237. The van der Waals surface area contributed by atoms with Gasteiger partial charge < -0.3 is 24.5 Å². The van der Waals surface area contributed by atoms with Crippen molar-refractivity contribution in [3.8, 4) is 11.5 Å². The quantitative estimate of drug-likeness (QED) is 0.683. The molecule has 26 heavy (non-hydrogen) atoms. The Morgan fingerprint density at radius 3 is 2.77 bits per heavy atom. The summed E-state index contributed by atoms with van der Waals surface area (Å²) in [5.41, 5.74) is 2.69. The van der Waals surface area contributed by atoms with Crippen LogP contribution in [0.3, 0.4) is 0 Å². The zero-order valence-electron chi connectivity index (χ0n) is 14.9. The summed E-state index contributed by atoms with van der Waals surface area (Å²) >= 11 is 0. The molecule has 136 valence electrons. The molecule has 2 aromatic heterocycles. The second-order valence-electron chi connectivity index (χ2n) is 5.71. The molecule has 0 saturated carbocycles. The third-order valence-corrected chi connectivity index (χ3v) is 4.00. The summed E-state index contributed by atoms with van der Waals surface area (Å²) < 4.78 is 12.6. The van der Waals surface area contributed by atoms with Crippen molar-refractivity contribution in [2.45, 2.75) is 13.0 Å². The summed E-state index contributed by atoms with van der Waals surface area (Å²) in [5.74, 6) is 1.26. The fourth-order valence-corrected chi connectivity index (χ4v) is 2.74. The van der Waals surface area contributed by atoms with E-state index >= 15 is 0 Å². The molecule has 3 aromatic rings. The lowest BCUT2D eigenvalue weighted by Crippen LogP contribution is -2.36. The molecule has 0 bridgehead atoms. The van der Waals surface area contributed by atoms with Gasteiger partial charge in [-0.1, -0.05) is 18.2 Å². The second kappa shape index (κ2) is 8.24. The van der Waals surface area contributed by atoms with Crippen molar-refractivity contribution in [3.63, 3.8) is 0 Å². The van der Waals surface area contributed by atoms with Gasteiger partial charge in [0.2, 0.25) is 0 Å². The average molecular weight is 354 g/mol. The fraction of sp³-hybridized carbons (Fsp3) is 0.263. The van der Waals surface area contributed by atoms with E-state index in [1.807, 2.05) is 53.2 Å². The minimum atomic E-state index is -0.237. The van der Waals surface area contributed by atoms with E-state index in [2.05, 4.69) is 15.6 Å². The minimum Gasteiger partial charge on any atom is -0.493 e. The fourth-order valence-electron chi connectivity index (χ4n) is 2.74. The van der Waals surface area contributed by atoms with Gasteiger partial charge in [0.15, 0.2) is 11.5 Å². The molecule has 2 amide bonds. The molecule has 7 heteroatoms. The molecule has 1 aromatic carbocycles. The second-order valence-corrected chi connectivity index (χ2v) is 5.71. The van der Waals surface area contributed by atoms with Gasteiger partial charge in [0.25, 0.3) is 0 Å². The van der Waals surface area contributed by atoms with Gasteiger partial charge in [-0.3, -0.25) is 0 Å². The molecule has 0 unspecified atom stereocenters. The highest BCUT2D eigenvalue weighted by Crippen LogP contribution is 2.30. The van der Waals surface area contributed by atoms with E-state index in [4.69, 9.17) is 9.47 Å². The van der Waals surface area contributed by atoms with Crippen molar-refractivity contribution in [2.75, 3.05) is 20.8 Å². The van der Waals surface area contributed by atoms with Crippen LogP contribution in [-0.2, 0) is 13.0 Å². The summed E-state index contributed by atoms with van der Waals surface area (Å²) in [4.78, 5) is 16.5. The Kier molecular flexibility index (Phi) is 5.58. The highest BCUT2D eigenvalue weighted by atomic mass is 16.5. The van der Waals surface area contributed by atoms with Crippen molar-refractivity contribution >= 4 is 11.7 Å². The molecule has 3 rings (SSSR count). The number of hydrogen-bond donors (Lipinski definition) is 2. The van der Waals surface area contributed by atoms with Crippen LogP contribution in [0.1, 0.15) is 11.3 Å². The number of nitrogens with zero attached hydrogens (tertiary/aromatic N) is 2. The smallest absolute Gasteiger partial charge is 0.315 e. The first-order valence-electron chi connectivity index (χ1n) is 8.35. The van der Waals surface area contributed by atoms with Crippen LogP contribution in [0.15, 0.2) is 48.8 Å². The number of carbonyl (C=O) groups is 1. The number of imidazole rings is 1. The SMILES string of the molecule is COc1cccc(CNC(=O)NCCc2cn3ccccc3n2)c1OC. The first-order valence-corrected chi connectivity index (χ1v) is 8.35. The number of pyridine rings is 1.